The minimum Gasteiger partial charge on any atom is -0.431 e. The highest BCUT2D eigenvalue weighted by Crippen LogP contribution is 2.29. The Morgan fingerprint density at radius 3 is 3.00 bits per heavy atom. The zero-order chi connectivity index (χ0) is 14.6. The maximum Gasteiger partial charge on any atom is 0.508 e. The molecule has 0 saturated carbocycles. The summed E-state index contributed by atoms with van der Waals surface area (Å²) in [5, 5.41) is 0. The van der Waals surface area contributed by atoms with Crippen molar-refractivity contribution < 1.29 is 19.0 Å². The van der Waals surface area contributed by atoms with Gasteiger partial charge < -0.3 is 14.2 Å². The summed E-state index contributed by atoms with van der Waals surface area (Å²) in [6.07, 6.45) is 1.56. The quantitative estimate of drug-likeness (QED) is 0.771. The predicted octanol–water partition coefficient (Wildman–Crippen LogP) is 3.55. The molecule has 0 aromatic heterocycles. The third-order valence-corrected chi connectivity index (χ3v) is 3.76. The molecule has 0 aliphatic carbocycles. The van der Waals surface area contributed by atoms with Crippen molar-refractivity contribution in [2.75, 3.05) is 6.61 Å². The summed E-state index contributed by atoms with van der Waals surface area (Å²) in [5.74, 6) is 0. The molecule has 108 valence electrons. The van der Waals surface area contributed by atoms with E-state index in [0.717, 1.165) is 11.1 Å². The average Bonchev–Trinajstić information content (AvgIpc) is 2.47. The molecule has 1 heterocycles. The van der Waals surface area contributed by atoms with Crippen LogP contribution in [-0.2, 0) is 20.8 Å². The molecule has 2 rings (SSSR count). The fourth-order valence-corrected chi connectivity index (χ4v) is 2.27. The van der Waals surface area contributed by atoms with Crippen molar-refractivity contribution >= 4 is 12.2 Å². The second-order valence-corrected chi connectivity index (χ2v) is 4.95. The van der Waals surface area contributed by atoms with Gasteiger partial charge in [0.1, 0.15) is 18.3 Å². The van der Waals surface area contributed by atoms with Crippen LogP contribution in [0.4, 0.5) is 4.79 Å². The van der Waals surface area contributed by atoms with Gasteiger partial charge in [-0.25, -0.2) is 4.79 Å². The Bertz CT molecular complexity index is 497. The molecule has 2 unspecified atom stereocenters. The summed E-state index contributed by atoms with van der Waals surface area (Å²) in [6, 6.07) is 7.98. The van der Waals surface area contributed by atoms with Crippen LogP contribution < -0.4 is 0 Å². The monoisotopic (exact) mass is 276 g/mol. The minimum absolute atomic E-state index is 0.227. The van der Waals surface area contributed by atoms with E-state index in [-0.39, 0.29) is 12.7 Å². The number of carbonyl (C=O) groups is 1. The molecule has 20 heavy (non-hydrogen) atoms. The predicted molar refractivity (Wildman–Crippen MR) is 76.2 cm³/mol. The fraction of sp³-hybridized carbons (Fsp3) is 0.438. The highest BCUT2D eigenvalue weighted by Gasteiger charge is 2.43. The van der Waals surface area contributed by atoms with Gasteiger partial charge in [-0.2, -0.15) is 0 Å². The molecule has 0 N–H and O–H groups in total. The first-order valence-corrected chi connectivity index (χ1v) is 6.78. The molecule has 0 amide bonds. The normalized spacial score (nSPS) is 25.7. The lowest BCUT2D eigenvalue weighted by Gasteiger charge is -2.40. The van der Waals surface area contributed by atoms with Crippen molar-refractivity contribution in [3.8, 4) is 0 Å². The molecule has 1 saturated heterocycles. The SMILES string of the molecule is C=Cc1cccc(COC2(CC)COC(=O)OC2C)c1. The van der Waals surface area contributed by atoms with Gasteiger partial charge in [-0.1, -0.05) is 37.8 Å². The van der Waals surface area contributed by atoms with E-state index >= 15 is 0 Å². The van der Waals surface area contributed by atoms with Gasteiger partial charge in [-0.3, -0.25) is 0 Å². The van der Waals surface area contributed by atoms with Crippen LogP contribution in [0.1, 0.15) is 31.4 Å². The van der Waals surface area contributed by atoms with Crippen LogP contribution >= 0.6 is 0 Å². The summed E-state index contributed by atoms with van der Waals surface area (Å²) in [4.78, 5) is 11.1. The van der Waals surface area contributed by atoms with Gasteiger partial charge in [0.2, 0.25) is 0 Å². The molecule has 1 aliphatic heterocycles. The molecule has 1 fully saturated rings. The number of cyclic esters (lactones) is 2. The largest absolute Gasteiger partial charge is 0.508 e. The smallest absolute Gasteiger partial charge is 0.431 e. The maximum atomic E-state index is 11.1. The minimum atomic E-state index is -0.626. The summed E-state index contributed by atoms with van der Waals surface area (Å²) in [5.41, 5.74) is 1.52. The second kappa shape index (κ2) is 6.09. The zero-order valence-electron chi connectivity index (χ0n) is 11.9. The Labute approximate surface area is 119 Å². The van der Waals surface area contributed by atoms with Crippen molar-refractivity contribution in [2.45, 2.75) is 38.6 Å². The van der Waals surface area contributed by atoms with Gasteiger partial charge in [0.15, 0.2) is 0 Å². The van der Waals surface area contributed by atoms with Crippen LogP contribution in [0, 0.1) is 0 Å². The first kappa shape index (κ1) is 14.6. The lowest BCUT2D eigenvalue weighted by molar-refractivity contribution is -0.192. The van der Waals surface area contributed by atoms with E-state index in [4.69, 9.17) is 14.2 Å². The van der Waals surface area contributed by atoms with Crippen LogP contribution in [-0.4, -0.2) is 24.5 Å². The first-order valence-electron chi connectivity index (χ1n) is 6.78. The molecule has 1 aliphatic rings. The summed E-state index contributed by atoms with van der Waals surface area (Å²) >= 11 is 0. The Morgan fingerprint density at radius 1 is 1.55 bits per heavy atom. The average molecular weight is 276 g/mol. The van der Waals surface area contributed by atoms with Crippen LogP contribution in [0.25, 0.3) is 6.08 Å². The van der Waals surface area contributed by atoms with Crippen molar-refractivity contribution in [1.29, 1.82) is 0 Å². The van der Waals surface area contributed by atoms with E-state index in [9.17, 15) is 4.79 Å². The van der Waals surface area contributed by atoms with Crippen LogP contribution in [0.3, 0.4) is 0 Å². The standard InChI is InChI=1S/C16H20O4/c1-4-13-7-6-8-14(9-13)10-19-16(5-2)11-18-15(17)20-12(16)3/h4,6-9,12H,1,5,10-11H2,2-3H3. The lowest BCUT2D eigenvalue weighted by Crippen LogP contribution is -2.53. The number of carbonyl (C=O) groups excluding carboxylic acids is 1. The van der Waals surface area contributed by atoms with Gasteiger partial charge in [-0.05, 0) is 30.5 Å². The topological polar surface area (TPSA) is 44.8 Å². The Kier molecular flexibility index (Phi) is 4.45. The third-order valence-electron chi connectivity index (χ3n) is 3.76. The molecule has 0 spiro atoms. The zero-order valence-corrected chi connectivity index (χ0v) is 11.9. The fourth-order valence-electron chi connectivity index (χ4n) is 2.27. The number of benzene rings is 1. The van der Waals surface area contributed by atoms with E-state index in [1.54, 1.807) is 6.08 Å². The van der Waals surface area contributed by atoms with Gasteiger partial charge >= 0.3 is 6.16 Å². The first-order chi connectivity index (χ1) is 9.59. The van der Waals surface area contributed by atoms with Crippen molar-refractivity contribution in [1.82, 2.24) is 0 Å². The molecule has 1 aromatic rings. The van der Waals surface area contributed by atoms with Gasteiger partial charge in [-0.15, -0.1) is 0 Å². The Hall–Kier alpha value is -1.81. The summed E-state index contributed by atoms with van der Waals surface area (Å²) < 4.78 is 16.1. The van der Waals surface area contributed by atoms with Crippen LogP contribution in [0.15, 0.2) is 30.8 Å². The summed E-state index contributed by atoms with van der Waals surface area (Å²) in [6.45, 7) is 8.26. The molecule has 4 nitrogen and oxygen atoms in total. The molecule has 0 bridgehead atoms. The Balaban J connectivity index is 2.06. The Morgan fingerprint density at radius 2 is 2.35 bits per heavy atom. The number of hydrogen-bond acceptors (Lipinski definition) is 4. The van der Waals surface area contributed by atoms with Crippen molar-refractivity contribution in [3.63, 3.8) is 0 Å². The highest BCUT2D eigenvalue weighted by molar-refractivity contribution is 5.61. The molecular weight excluding hydrogens is 256 g/mol. The van der Waals surface area contributed by atoms with E-state index in [0.29, 0.717) is 13.0 Å². The summed E-state index contributed by atoms with van der Waals surface area (Å²) in [7, 11) is 0. The molecule has 4 heteroatoms. The van der Waals surface area contributed by atoms with Crippen LogP contribution in [0.5, 0.6) is 0 Å². The molecule has 1 aromatic carbocycles. The van der Waals surface area contributed by atoms with Crippen LogP contribution in [0.2, 0.25) is 0 Å². The molecule has 0 radical (unpaired) electrons. The van der Waals surface area contributed by atoms with Crippen molar-refractivity contribution in [3.05, 3.63) is 42.0 Å². The lowest BCUT2D eigenvalue weighted by atomic mass is 9.94. The van der Waals surface area contributed by atoms with Gasteiger partial charge in [0.05, 0.1) is 6.61 Å². The van der Waals surface area contributed by atoms with Gasteiger partial charge in [0, 0.05) is 0 Å². The van der Waals surface area contributed by atoms with E-state index in [2.05, 4.69) is 6.58 Å². The second-order valence-electron chi connectivity index (χ2n) is 4.95. The number of rotatable bonds is 5. The van der Waals surface area contributed by atoms with E-state index in [1.165, 1.54) is 0 Å². The highest BCUT2D eigenvalue weighted by atomic mass is 16.8. The van der Waals surface area contributed by atoms with E-state index in [1.807, 2.05) is 38.1 Å². The number of ether oxygens (including phenoxy) is 3. The molecule has 2 atom stereocenters. The number of hydrogen-bond donors (Lipinski definition) is 0. The maximum absolute atomic E-state index is 11.1. The van der Waals surface area contributed by atoms with Crippen molar-refractivity contribution in [2.24, 2.45) is 0 Å². The molecular formula is C16H20O4. The van der Waals surface area contributed by atoms with Gasteiger partial charge in [0.25, 0.3) is 0 Å². The third kappa shape index (κ3) is 3.02. The van der Waals surface area contributed by atoms with E-state index < -0.39 is 11.8 Å².